The van der Waals surface area contributed by atoms with Gasteiger partial charge in [0.25, 0.3) is 0 Å². The molecule has 0 saturated carbocycles. The molecule has 0 aliphatic carbocycles. The molecule has 0 unspecified atom stereocenters. The molecule has 1 fully saturated rings. The first-order valence-corrected chi connectivity index (χ1v) is 6.85. The van der Waals surface area contributed by atoms with E-state index in [0.29, 0.717) is 24.8 Å². The molecule has 1 heterocycles. The summed E-state index contributed by atoms with van der Waals surface area (Å²) in [5, 5.41) is 4.02. The Labute approximate surface area is 119 Å². The minimum atomic E-state index is -0.505. The molecule has 1 N–H and O–H groups in total. The molecule has 1 aliphatic rings. The third-order valence-corrected chi connectivity index (χ3v) is 3.10. The molecule has 4 nitrogen and oxygen atoms in total. The minimum absolute atomic E-state index is 0.0886. The predicted octanol–water partition coefficient (Wildman–Crippen LogP) is 3.30. The first-order chi connectivity index (χ1) is 9.00. The van der Waals surface area contributed by atoms with Crippen LogP contribution >= 0.6 is 11.6 Å². The van der Waals surface area contributed by atoms with E-state index in [2.05, 4.69) is 5.32 Å². The maximum atomic E-state index is 6.02. The van der Waals surface area contributed by atoms with Crippen LogP contribution in [0.25, 0.3) is 0 Å². The summed E-state index contributed by atoms with van der Waals surface area (Å²) in [6, 6.07) is 5.62. The zero-order valence-corrected chi connectivity index (χ0v) is 12.3. The van der Waals surface area contributed by atoms with Crippen molar-refractivity contribution in [1.29, 1.82) is 0 Å². The van der Waals surface area contributed by atoms with Gasteiger partial charge in [-0.1, -0.05) is 11.6 Å². The van der Waals surface area contributed by atoms with Crippen molar-refractivity contribution >= 4 is 17.3 Å². The molecule has 1 aliphatic heterocycles. The van der Waals surface area contributed by atoms with Crippen LogP contribution in [-0.4, -0.2) is 31.6 Å². The number of benzene rings is 1. The standard InChI is InChI=1S/C14H20ClNO3/c1-4-17-13-6-5-10(15)7-12(13)16-11-8-18-14(2,3)19-9-11/h5-7,11,16H,4,8-9H2,1-3H3. The first kappa shape index (κ1) is 14.4. The number of anilines is 1. The number of halogens is 1. The average molecular weight is 286 g/mol. The highest BCUT2D eigenvalue weighted by Crippen LogP contribution is 2.29. The molecule has 0 radical (unpaired) electrons. The molecule has 1 aromatic rings. The van der Waals surface area contributed by atoms with Gasteiger partial charge in [-0.3, -0.25) is 0 Å². The fraction of sp³-hybridized carbons (Fsp3) is 0.571. The van der Waals surface area contributed by atoms with Crippen molar-refractivity contribution in [3.05, 3.63) is 23.2 Å². The van der Waals surface area contributed by atoms with Crippen molar-refractivity contribution in [1.82, 2.24) is 0 Å². The van der Waals surface area contributed by atoms with Crippen LogP contribution < -0.4 is 10.1 Å². The second-order valence-corrected chi connectivity index (χ2v) is 5.37. The van der Waals surface area contributed by atoms with Crippen molar-refractivity contribution in [3.63, 3.8) is 0 Å². The molecule has 1 aromatic carbocycles. The van der Waals surface area contributed by atoms with Crippen LogP contribution in [0.5, 0.6) is 5.75 Å². The van der Waals surface area contributed by atoms with E-state index in [9.17, 15) is 0 Å². The highest BCUT2D eigenvalue weighted by atomic mass is 35.5. The van der Waals surface area contributed by atoms with E-state index in [1.54, 1.807) is 0 Å². The number of rotatable bonds is 4. The number of nitrogens with one attached hydrogen (secondary N) is 1. The lowest BCUT2D eigenvalue weighted by Crippen LogP contribution is -2.45. The van der Waals surface area contributed by atoms with Gasteiger partial charge in [-0.05, 0) is 39.0 Å². The number of ether oxygens (including phenoxy) is 3. The summed E-state index contributed by atoms with van der Waals surface area (Å²) in [5.41, 5.74) is 0.867. The molecule has 5 heteroatoms. The van der Waals surface area contributed by atoms with Crippen LogP contribution in [0.4, 0.5) is 5.69 Å². The van der Waals surface area contributed by atoms with E-state index < -0.39 is 5.79 Å². The Kier molecular flexibility index (Phi) is 4.55. The Morgan fingerprint density at radius 3 is 2.68 bits per heavy atom. The largest absolute Gasteiger partial charge is 0.492 e. The van der Waals surface area contributed by atoms with Gasteiger partial charge in [-0.25, -0.2) is 0 Å². The van der Waals surface area contributed by atoms with E-state index in [0.717, 1.165) is 11.4 Å². The summed E-state index contributed by atoms with van der Waals surface area (Å²) < 4.78 is 16.8. The highest BCUT2D eigenvalue weighted by molar-refractivity contribution is 6.30. The van der Waals surface area contributed by atoms with Crippen molar-refractivity contribution in [2.75, 3.05) is 25.1 Å². The fourth-order valence-corrected chi connectivity index (χ4v) is 2.06. The summed E-state index contributed by atoms with van der Waals surface area (Å²) in [4.78, 5) is 0. The molecular weight excluding hydrogens is 266 g/mol. The number of hydrogen-bond acceptors (Lipinski definition) is 4. The fourth-order valence-electron chi connectivity index (χ4n) is 1.89. The van der Waals surface area contributed by atoms with Gasteiger partial charge in [0.15, 0.2) is 5.79 Å². The monoisotopic (exact) mass is 285 g/mol. The molecular formula is C14H20ClNO3. The van der Waals surface area contributed by atoms with Gasteiger partial charge in [0.2, 0.25) is 0 Å². The second-order valence-electron chi connectivity index (χ2n) is 4.94. The quantitative estimate of drug-likeness (QED) is 0.921. The van der Waals surface area contributed by atoms with Crippen LogP contribution in [0, 0.1) is 0 Å². The second kappa shape index (κ2) is 5.99. The van der Waals surface area contributed by atoms with Gasteiger partial charge in [-0.2, -0.15) is 0 Å². The molecule has 0 bridgehead atoms. The molecule has 0 atom stereocenters. The highest BCUT2D eigenvalue weighted by Gasteiger charge is 2.28. The summed E-state index contributed by atoms with van der Waals surface area (Å²) in [6.07, 6.45) is 0. The van der Waals surface area contributed by atoms with Crippen LogP contribution in [0.2, 0.25) is 5.02 Å². The third kappa shape index (κ3) is 4.00. The van der Waals surface area contributed by atoms with Crippen LogP contribution in [0.3, 0.4) is 0 Å². The topological polar surface area (TPSA) is 39.7 Å². The summed E-state index contributed by atoms with van der Waals surface area (Å²) >= 11 is 6.02. The minimum Gasteiger partial charge on any atom is -0.492 e. The van der Waals surface area contributed by atoms with Gasteiger partial charge >= 0.3 is 0 Å². The molecule has 19 heavy (non-hydrogen) atoms. The van der Waals surface area contributed by atoms with Gasteiger partial charge in [0.05, 0.1) is 31.5 Å². The lowest BCUT2D eigenvalue weighted by atomic mass is 10.2. The summed E-state index contributed by atoms with van der Waals surface area (Å²) in [6.45, 7) is 7.56. The molecule has 0 aromatic heterocycles. The SMILES string of the molecule is CCOc1ccc(Cl)cc1NC1COC(C)(C)OC1. The molecule has 0 amide bonds. The van der Waals surface area contributed by atoms with E-state index in [1.807, 2.05) is 39.0 Å². The summed E-state index contributed by atoms with van der Waals surface area (Å²) in [7, 11) is 0. The third-order valence-electron chi connectivity index (χ3n) is 2.87. The van der Waals surface area contributed by atoms with Gasteiger partial charge < -0.3 is 19.5 Å². The molecule has 106 valence electrons. The maximum Gasteiger partial charge on any atom is 0.162 e. The maximum absolute atomic E-state index is 6.02. The van der Waals surface area contributed by atoms with E-state index in [4.69, 9.17) is 25.8 Å². The van der Waals surface area contributed by atoms with Crippen molar-refractivity contribution in [2.45, 2.75) is 32.6 Å². The lowest BCUT2D eigenvalue weighted by molar-refractivity contribution is -0.247. The Morgan fingerprint density at radius 2 is 2.05 bits per heavy atom. The predicted molar refractivity (Wildman–Crippen MR) is 76.0 cm³/mol. The van der Waals surface area contributed by atoms with E-state index >= 15 is 0 Å². The first-order valence-electron chi connectivity index (χ1n) is 6.47. The molecule has 1 saturated heterocycles. The van der Waals surface area contributed by atoms with Crippen molar-refractivity contribution < 1.29 is 14.2 Å². The zero-order valence-electron chi connectivity index (χ0n) is 11.5. The Morgan fingerprint density at radius 1 is 1.37 bits per heavy atom. The summed E-state index contributed by atoms with van der Waals surface area (Å²) in [5.74, 6) is 0.284. The van der Waals surface area contributed by atoms with Gasteiger partial charge in [0, 0.05) is 5.02 Å². The van der Waals surface area contributed by atoms with Gasteiger partial charge in [-0.15, -0.1) is 0 Å². The van der Waals surface area contributed by atoms with Crippen molar-refractivity contribution in [3.8, 4) is 5.75 Å². The van der Waals surface area contributed by atoms with E-state index in [1.165, 1.54) is 0 Å². The Hall–Kier alpha value is -0.970. The Balaban J connectivity index is 2.04. The average Bonchev–Trinajstić information content (AvgIpc) is 2.35. The normalized spacial score (nSPS) is 19.2. The van der Waals surface area contributed by atoms with Gasteiger partial charge in [0.1, 0.15) is 5.75 Å². The Bertz CT molecular complexity index is 427. The molecule has 0 spiro atoms. The lowest BCUT2D eigenvalue weighted by Gasteiger charge is -2.35. The molecule has 2 rings (SSSR count). The number of hydrogen-bond donors (Lipinski definition) is 1. The van der Waals surface area contributed by atoms with Crippen molar-refractivity contribution in [2.24, 2.45) is 0 Å². The van der Waals surface area contributed by atoms with E-state index in [-0.39, 0.29) is 6.04 Å². The van der Waals surface area contributed by atoms with Crippen LogP contribution in [-0.2, 0) is 9.47 Å². The zero-order chi connectivity index (χ0) is 13.9. The smallest absolute Gasteiger partial charge is 0.162 e. The van der Waals surface area contributed by atoms with Crippen LogP contribution in [0.15, 0.2) is 18.2 Å². The van der Waals surface area contributed by atoms with Crippen LogP contribution in [0.1, 0.15) is 20.8 Å².